The zero-order valence-electron chi connectivity index (χ0n) is 26.9. The van der Waals surface area contributed by atoms with E-state index < -0.39 is 29.3 Å². The molecule has 254 valence electrons. The van der Waals surface area contributed by atoms with Crippen LogP contribution >= 0.6 is 11.9 Å². The second-order valence-electron chi connectivity index (χ2n) is 13.1. The molecular formula is C34H56N4O6S. The van der Waals surface area contributed by atoms with Gasteiger partial charge in [0, 0.05) is 30.2 Å². The van der Waals surface area contributed by atoms with E-state index in [0.29, 0.717) is 0 Å². The van der Waals surface area contributed by atoms with Crippen LogP contribution in [0.25, 0.3) is 0 Å². The Morgan fingerprint density at radius 3 is 1.42 bits per heavy atom. The van der Waals surface area contributed by atoms with Gasteiger partial charge in [0.1, 0.15) is 10.9 Å². The van der Waals surface area contributed by atoms with Gasteiger partial charge in [-0.2, -0.15) is 0 Å². The Hall–Kier alpha value is -2.21. The predicted molar refractivity (Wildman–Crippen MR) is 180 cm³/mol. The number of rotatable bonds is 11. The minimum Gasteiger partial charge on any atom is -0.481 e. The lowest BCUT2D eigenvalue weighted by molar-refractivity contribution is -0.387. The minimum absolute atomic E-state index is 0.181. The lowest BCUT2D eigenvalue weighted by atomic mass is 9.91. The maximum atomic E-state index is 10.8. The Balaban J connectivity index is 0.000000189. The maximum absolute atomic E-state index is 10.8. The maximum Gasteiger partial charge on any atom is 0.322 e. The molecule has 10 nitrogen and oxygen atoms in total. The molecule has 1 aromatic rings. The van der Waals surface area contributed by atoms with Crippen molar-refractivity contribution in [1.82, 2.24) is 15.4 Å². The van der Waals surface area contributed by atoms with Crippen molar-refractivity contribution in [2.24, 2.45) is 0 Å². The van der Waals surface area contributed by atoms with E-state index in [9.17, 15) is 19.7 Å². The summed E-state index contributed by atoms with van der Waals surface area (Å²) in [5, 5.41) is 35.8. The number of nitrogens with zero attached hydrogens (tertiary/aromatic N) is 1. The van der Waals surface area contributed by atoms with Crippen LogP contribution in [-0.4, -0.2) is 57.3 Å². The fourth-order valence-electron chi connectivity index (χ4n) is 6.93. The van der Waals surface area contributed by atoms with Crippen LogP contribution in [0.15, 0.2) is 29.2 Å². The molecule has 11 heteroatoms. The van der Waals surface area contributed by atoms with Crippen LogP contribution in [0, 0.1) is 10.1 Å². The number of nitro benzene ring substituents is 1. The average Bonchev–Trinajstić information content (AvgIpc) is 3.05. The second kappa shape index (κ2) is 21.6. The molecule has 0 aromatic heterocycles. The summed E-state index contributed by atoms with van der Waals surface area (Å²) in [5.74, 6) is -2.61. The molecule has 45 heavy (non-hydrogen) atoms. The van der Waals surface area contributed by atoms with E-state index >= 15 is 0 Å². The van der Waals surface area contributed by atoms with E-state index in [1.165, 1.54) is 147 Å². The quantitative estimate of drug-likeness (QED) is 0.0920. The van der Waals surface area contributed by atoms with Crippen molar-refractivity contribution in [3.63, 3.8) is 0 Å². The average molecular weight is 649 g/mol. The predicted octanol–water partition coefficient (Wildman–Crippen LogP) is 7.60. The Kier molecular flexibility index (Phi) is 17.8. The van der Waals surface area contributed by atoms with Gasteiger partial charge in [-0.25, -0.2) is 4.72 Å². The van der Waals surface area contributed by atoms with Crippen LogP contribution in [0.1, 0.15) is 135 Å². The van der Waals surface area contributed by atoms with Gasteiger partial charge in [0.15, 0.2) is 0 Å². The van der Waals surface area contributed by atoms with Crippen LogP contribution in [0.2, 0.25) is 0 Å². The summed E-state index contributed by atoms with van der Waals surface area (Å²) in [5.41, 5.74) is -0.181. The third kappa shape index (κ3) is 15.3. The Bertz CT molecular complexity index is 940. The Labute approximate surface area is 273 Å². The van der Waals surface area contributed by atoms with Crippen LogP contribution in [0.4, 0.5) is 5.69 Å². The molecular weight excluding hydrogens is 592 g/mol. The topological polar surface area (TPSA) is 154 Å². The Morgan fingerprint density at radius 1 is 0.711 bits per heavy atom. The summed E-state index contributed by atoms with van der Waals surface area (Å²) in [7, 11) is 0. The molecule has 0 bridgehead atoms. The molecule has 0 radical (unpaired) electrons. The first-order valence-corrected chi connectivity index (χ1v) is 18.3. The highest BCUT2D eigenvalue weighted by Gasteiger charge is 2.23. The third-order valence-corrected chi connectivity index (χ3v) is 10.4. The van der Waals surface area contributed by atoms with Gasteiger partial charge >= 0.3 is 11.9 Å². The van der Waals surface area contributed by atoms with Crippen LogP contribution in [0.5, 0.6) is 0 Å². The number of benzene rings is 1. The summed E-state index contributed by atoms with van der Waals surface area (Å²) in [6.45, 7) is 0. The minimum atomic E-state index is -1.34. The number of carbonyl (C=O) groups is 2. The summed E-state index contributed by atoms with van der Waals surface area (Å²) in [6.07, 6.45) is 28.5. The molecule has 0 amide bonds. The molecule has 4 fully saturated rings. The fraction of sp³-hybridized carbons (Fsp3) is 0.765. The molecule has 0 heterocycles. The van der Waals surface area contributed by atoms with Gasteiger partial charge in [-0.05, 0) is 69.4 Å². The van der Waals surface area contributed by atoms with Crippen molar-refractivity contribution in [2.45, 2.75) is 170 Å². The van der Waals surface area contributed by atoms with Gasteiger partial charge in [-0.15, -0.1) is 0 Å². The van der Waals surface area contributed by atoms with E-state index in [1.54, 1.807) is 6.07 Å². The first-order valence-electron chi connectivity index (χ1n) is 17.4. The van der Waals surface area contributed by atoms with E-state index in [0.717, 1.165) is 36.1 Å². The molecule has 0 saturated heterocycles. The van der Waals surface area contributed by atoms with Crippen molar-refractivity contribution >= 4 is 29.6 Å². The van der Waals surface area contributed by atoms with Crippen molar-refractivity contribution in [2.75, 3.05) is 0 Å². The third-order valence-electron chi connectivity index (χ3n) is 9.41. The normalized spacial score (nSPS) is 21.0. The molecule has 5 N–H and O–H groups in total. The van der Waals surface area contributed by atoms with E-state index in [2.05, 4.69) is 15.4 Å². The second-order valence-corrected chi connectivity index (χ2v) is 14.0. The monoisotopic (exact) mass is 648 g/mol. The number of aliphatic carboxylic acids is 2. The van der Waals surface area contributed by atoms with Crippen molar-refractivity contribution < 1.29 is 24.7 Å². The summed E-state index contributed by atoms with van der Waals surface area (Å²) >= 11 is 0.718. The number of carboxylic acid groups (broad SMARTS) is 2. The van der Waals surface area contributed by atoms with Crippen LogP contribution in [-0.2, 0) is 9.59 Å². The van der Waals surface area contributed by atoms with Crippen molar-refractivity contribution in [3.05, 3.63) is 34.4 Å². The molecule has 4 aliphatic rings. The lowest BCUT2D eigenvalue weighted by Crippen LogP contribution is -2.40. The van der Waals surface area contributed by atoms with Gasteiger partial charge in [0.05, 0.1) is 11.3 Å². The highest BCUT2D eigenvalue weighted by atomic mass is 32.2. The summed E-state index contributed by atoms with van der Waals surface area (Å²) in [6, 6.07) is 7.91. The molecule has 4 aliphatic carbocycles. The largest absolute Gasteiger partial charge is 0.481 e. The molecule has 4 saturated carbocycles. The highest BCUT2D eigenvalue weighted by Crippen LogP contribution is 2.27. The summed E-state index contributed by atoms with van der Waals surface area (Å²) < 4.78 is 2.39. The number of hydrogen-bond acceptors (Lipinski definition) is 8. The van der Waals surface area contributed by atoms with Crippen LogP contribution in [0.3, 0.4) is 0 Å². The molecule has 0 unspecified atom stereocenters. The van der Waals surface area contributed by atoms with E-state index in [4.69, 9.17) is 10.2 Å². The Morgan fingerprint density at radius 2 is 1.09 bits per heavy atom. The number of carboxylic acids is 2. The van der Waals surface area contributed by atoms with Gasteiger partial charge in [-0.3, -0.25) is 19.7 Å². The van der Waals surface area contributed by atoms with Gasteiger partial charge in [-0.1, -0.05) is 89.2 Å². The molecule has 1 aromatic carbocycles. The fourth-order valence-corrected chi connectivity index (χ4v) is 7.77. The molecule has 0 spiro atoms. The number of nitro groups is 1. The van der Waals surface area contributed by atoms with Crippen LogP contribution < -0.4 is 15.4 Å². The highest BCUT2D eigenvalue weighted by molar-refractivity contribution is 7.97. The van der Waals surface area contributed by atoms with Crippen molar-refractivity contribution in [3.8, 4) is 0 Å². The van der Waals surface area contributed by atoms with E-state index in [1.807, 2.05) is 0 Å². The first-order chi connectivity index (χ1) is 21.8. The SMILES string of the molecule is C1CCC(NC2CCCCC2)CC1.C1CCC(NC2CCCCC2)CC1.O=C(O)C[C@H](NSc1ccccc1[N+](=O)[O-])C(=O)O. The number of para-hydroxylation sites is 1. The van der Waals surface area contributed by atoms with Crippen molar-refractivity contribution in [1.29, 1.82) is 0 Å². The standard InChI is InChI=1S/2C12H23N.C10H10N2O6S/c2*1-3-7-11(8-4-1)13-12-9-5-2-6-10-12;13-9(14)5-6(10(15)16)11-19-8-4-2-1-3-7(8)12(17)18/h2*11-13H,1-10H2;1-4,6,11H,5H2,(H,13,14)(H,15,16)/t;;6-/m..0/s1. The van der Waals surface area contributed by atoms with Gasteiger partial charge < -0.3 is 20.8 Å². The van der Waals surface area contributed by atoms with Gasteiger partial charge in [0.25, 0.3) is 5.69 Å². The summed E-state index contributed by atoms with van der Waals surface area (Å²) in [4.78, 5) is 31.6. The molecule has 1 atom stereocenters. The smallest absolute Gasteiger partial charge is 0.322 e. The number of hydrogen-bond donors (Lipinski definition) is 5. The zero-order chi connectivity index (χ0) is 32.3. The van der Waals surface area contributed by atoms with E-state index in [-0.39, 0.29) is 10.6 Å². The zero-order valence-corrected chi connectivity index (χ0v) is 27.7. The van der Waals surface area contributed by atoms with Gasteiger partial charge in [0.2, 0.25) is 0 Å². The lowest BCUT2D eigenvalue weighted by Gasteiger charge is -2.30. The first kappa shape index (κ1) is 37.2. The number of nitrogens with one attached hydrogen (secondary N) is 3. The molecule has 5 rings (SSSR count). The molecule has 0 aliphatic heterocycles.